The molecule has 2 heterocycles. The van der Waals surface area contributed by atoms with E-state index in [0.717, 1.165) is 53.9 Å². The molecule has 0 atom stereocenters. The molecule has 0 unspecified atom stereocenters. The van der Waals surface area contributed by atoms with Crippen molar-refractivity contribution in [2.75, 3.05) is 19.0 Å². The zero-order valence-corrected chi connectivity index (χ0v) is 17.9. The topological polar surface area (TPSA) is 104 Å². The van der Waals surface area contributed by atoms with E-state index in [4.69, 9.17) is 9.47 Å². The standard InChI is InChI=1S/C19H22N2O6S2/c1-11-10-28-19(25)21(11)8-15(23)27-9-14(22)20-17-16(18(24)26-2)12-6-4-3-5-7-13(12)29-17/h10H,3-9H2,1-2H3,(H,20,22). The molecule has 8 nitrogen and oxygen atoms in total. The van der Waals surface area contributed by atoms with Gasteiger partial charge in [-0.1, -0.05) is 17.8 Å². The zero-order chi connectivity index (χ0) is 21.0. The number of anilines is 1. The van der Waals surface area contributed by atoms with Crippen LogP contribution in [0.4, 0.5) is 5.00 Å². The van der Waals surface area contributed by atoms with Gasteiger partial charge in [0.25, 0.3) is 5.91 Å². The molecule has 1 amide bonds. The fourth-order valence-corrected chi connectivity index (χ4v) is 5.26. The molecule has 3 rings (SSSR count). The number of hydrogen-bond donors (Lipinski definition) is 1. The second-order valence-electron chi connectivity index (χ2n) is 6.70. The molecule has 2 aromatic heterocycles. The van der Waals surface area contributed by atoms with Crippen LogP contribution in [0, 0.1) is 6.92 Å². The first-order chi connectivity index (χ1) is 13.9. The number of nitrogens with one attached hydrogen (secondary N) is 1. The van der Waals surface area contributed by atoms with Crippen LogP contribution in [0.2, 0.25) is 0 Å². The van der Waals surface area contributed by atoms with E-state index in [1.165, 1.54) is 23.0 Å². The molecular formula is C19H22N2O6S2. The number of nitrogens with zero attached hydrogens (tertiary/aromatic N) is 1. The lowest BCUT2D eigenvalue weighted by molar-refractivity contribution is -0.147. The van der Waals surface area contributed by atoms with Gasteiger partial charge in [-0.15, -0.1) is 11.3 Å². The summed E-state index contributed by atoms with van der Waals surface area (Å²) in [7, 11) is 1.31. The van der Waals surface area contributed by atoms with Crippen LogP contribution in [0.5, 0.6) is 0 Å². The van der Waals surface area contributed by atoms with Gasteiger partial charge in [0, 0.05) is 16.0 Å². The molecule has 0 saturated carbocycles. The zero-order valence-electron chi connectivity index (χ0n) is 16.2. The molecule has 0 fully saturated rings. The maximum Gasteiger partial charge on any atom is 0.341 e. The van der Waals surface area contributed by atoms with E-state index in [9.17, 15) is 19.2 Å². The van der Waals surface area contributed by atoms with Crippen molar-refractivity contribution in [3.8, 4) is 0 Å². The van der Waals surface area contributed by atoms with Gasteiger partial charge in [0.05, 0.1) is 12.7 Å². The van der Waals surface area contributed by atoms with Crippen LogP contribution in [0.25, 0.3) is 0 Å². The summed E-state index contributed by atoms with van der Waals surface area (Å²) in [6.45, 7) is 0.967. The van der Waals surface area contributed by atoms with Crippen molar-refractivity contribution in [2.24, 2.45) is 0 Å². The van der Waals surface area contributed by atoms with E-state index in [2.05, 4.69) is 5.32 Å². The monoisotopic (exact) mass is 438 g/mol. The van der Waals surface area contributed by atoms with Gasteiger partial charge in [-0.25, -0.2) is 4.79 Å². The summed E-state index contributed by atoms with van der Waals surface area (Å²) in [4.78, 5) is 49.0. The number of fused-ring (bicyclic) bond motifs is 1. The van der Waals surface area contributed by atoms with Gasteiger partial charge >= 0.3 is 16.8 Å². The summed E-state index contributed by atoms with van der Waals surface area (Å²) >= 11 is 2.37. The molecule has 2 aromatic rings. The molecule has 10 heteroatoms. The lowest BCUT2D eigenvalue weighted by Gasteiger charge is -2.08. The van der Waals surface area contributed by atoms with E-state index in [-0.39, 0.29) is 11.4 Å². The smallest absolute Gasteiger partial charge is 0.341 e. The Morgan fingerprint density at radius 3 is 2.66 bits per heavy atom. The van der Waals surface area contributed by atoms with E-state index in [1.807, 2.05) is 0 Å². The van der Waals surface area contributed by atoms with Gasteiger partial charge in [-0.2, -0.15) is 0 Å². The molecule has 0 saturated heterocycles. The highest BCUT2D eigenvalue weighted by atomic mass is 32.1. The average molecular weight is 439 g/mol. The van der Waals surface area contributed by atoms with Gasteiger partial charge in [-0.3, -0.25) is 19.0 Å². The first-order valence-electron chi connectivity index (χ1n) is 9.24. The number of thiazole rings is 1. The summed E-state index contributed by atoms with van der Waals surface area (Å²) in [5.41, 5.74) is 2.00. The van der Waals surface area contributed by atoms with Crippen LogP contribution in [-0.4, -0.2) is 36.1 Å². The number of amides is 1. The van der Waals surface area contributed by atoms with Crippen LogP contribution < -0.4 is 10.2 Å². The number of hydrogen-bond acceptors (Lipinski definition) is 8. The lowest BCUT2D eigenvalue weighted by Crippen LogP contribution is -2.26. The van der Waals surface area contributed by atoms with Gasteiger partial charge < -0.3 is 14.8 Å². The predicted molar refractivity (Wildman–Crippen MR) is 110 cm³/mol. The summed E-state index contributed by atoms with van der Waals surface area (Å²) in [5, 5.41) is 4.75. The summed E-state index contributed by atoms with van der Waals surface area (Å²) in [5.74, 6) is -1.71. The number of thiophene rings is 1. The van der Waals surface area contributed by atoms with Crippen molar-refractivity contribution in [3.63, 3.8) is 0 Å². The van der Waals surface area contributed by atoms with Crippen molar-refractivity contribution >= 4 is 45.5 Å². The number of carbonyl (C=O) groups excluding carboxylic acids is 3. The Labute approximate surface area is 175 Å². The molecule has 156 valence electrons. The van der Waals surface area contributed by atoms with E-state index in [1.54, 1.807) is 12.3 Å². The molecule has 29 heavy (non-hydrogen) atoms. The van der Waals surface area contributed by atoms with Crippen molar-refractivity contribution in [2.45, 2.75) is 45.6 Å². The van der Waals surface area contributed by atoms with Crippen LogP contribution in [-0.2, 0) is 38.4 Å². The minimum absolute atomic E-state index is 0.248. The third-order valence-electron chi connectivity index (χ3n) is 4.69. The summed E-state index contributed by atoms with van der Waals surface area (Å²) in [6, 6.07) is 0. The number of rotatable bonds is 6. The Morgan fingerprint density at radius 1 is 1.21 bits per heavy atom. The van der Waals surface area contributed by atoms with Gasteiger partial charge in [0.2, 0.25) is 0 Å². The molecule has 1 aliphatic carbocycles. The SMILES string of the molecule is COC(=O)c1c(NC(=O)COC(=O)Cn2c(C)csc2=O)sc2c1CCCCC2. The van der Waals surface area contributed by atoms with Crippen LogP contribution >= 0.6 is 22.7 Å². The maximum atomic E-state index is 12.3. The molecular weight excluding hydrogens is 416 g/mol. The third kappa shape index (κ3) is 4.94. The molecule has 0 bridgehead atoms. The van der Waals surface area contributed by atoms with E-state index >= 15 is 0 Å². The summed E-state index contributed by atoms with van der Waals surface area (Å²) < 4.78 is 11.2. The van der Waals surface area contributed by atoms with Crippen molar-refractivity contribution in [3.05, 3.63) is 36.7 Å². The molecule has 1 N–H and O–H groups in total. The highest BCUT2D eigenvalue weighted by Crippen LogP contribution is 2.37. The van der Waals surface area contributed by atoms with Crippen molar-refractivity contribution in [1.82, 2.24) is 4.57 Å². The minimum atomic E-state index is -0.682. The number of ether oxygens (including phenoxy) is 2. The summed E-state index contributed by atoms with van der Waals surface area (Å²) in [6.07, 6.45) is 4.77. The second kappa shape index (κ2) is 9.36. The van der Waals surface area contributed by atoms with Gasteiger partial charge in [0.15, 0.2) is 6.61 Å². The Balaban J connectivity index is 1.65. The Morgan fingerprint density at radius 2 is 1.97 bits per heavy atom. The highest BCUT2D eigenvalue weighted by molar-refractivity contribution is 7.17. The molecule has 0 radical (unpaired) electrons. The van der Waals surface area contributed by atoms with Crippen molar-refractivity contribution in [1.29, 1.82) is 0 Å². The Kier molecular flexibility index (Phi) is 6.86. The highest BCUT2D eigenvalue weighted by Gasteiger charge is 2.26. The van der Waals surface area contributed by atoms with E-state index < -0.39 is 24.5 Å². The third-order valence-corrected chi connectivity index (χ3v) is 6.78. The average Bonchev–Trinajstić information content (AvgIpc) is 3.09. The Hall–Kier alpha value is -2.46. The first kappa shape index (κ1) is 21.3. The largest absolute Gasteiger partial charge is 0.465 e. The molecule has 1 aliphatic rings. The van der Waals surface area contributed by atoms with Gasteiger partial charge in [0.1, 0.15) is 11.5 Å². The van der Waals surface area contributed by atoms with E-state index in [0.29, 0.717) is 16.3 Å². The minimum Gasteiger partial charge on any atom is -0.465 e. The van der Waals surface area contributed by atoms with Crippen LogP contribution in [0.1, 0.15) is 45.8 Å². The fourth-order valence-electron chi connectivity index (χ4n) is 3.23. The number of aryl methyl sites for hydroxylation is 2. The number of aromatic nitrogens is 1. The second-order valence-corrected chi connectivity index (χ2v) is 8.62. The van der Waals surface area contributed by atoms with Gasteiger partial charge in [-0.05, 0) is 38.2 Å². The maximum absolute atomic E-state index is 12.3. The predicted octanol–water partition coefficient (Wildman–Crippen LogP) is 2.52. The lowest BCUT2D eigenvalue weighted by atomic mass is 10.1. The number of esters is 2. The Bertz CT molecular complexity index is 987. The molecule has 0 spiro atoms. The number of carbonyl (C=O) groups is 3. The van der Waals surface area contributed by atoms with Crippen molar-refractivity contribution < 1.29 is 23.9 Å². The quantitative estimate of drug-likeness (QED) is 0.549. The number of methoxy groups -OCH3 is 1. The first-order valence-corrected chi connectivity index (χ1v) is 10.9. The normalized spacial score (nSPS) is 13.3. The fraction of sp³-hybridized carbons (Fsp3) is 0.474. The molecule has 0 aliphatic heterocycles. The molecule has 0 aromatic carbocycles. The van der Waals surface area contributed by atoms with Crippen LogP contribution in [0.3, 0.4) is 0 Å². The van der Waals surface area contributed by atoms with Crippen LogP contribution in [0.15, 0.2) is 10.2 Å².